The smallest absolute Gasteiger partial charge is 0.377 e. The molecular weight excluding hydrogens is 311 g/mol. The molecule has 0 radical (unpaired) electrons. The van der Waals surface area contributed by atoms with Crippen LogP contribution in [0.2, 0.25) is 6.82 Å². The van der Waals surface area contributed by atoms with Crippen LogP contribution in [0.3, 0.4) is 0 Å². The molecule has 2 atom stereocenters. The first-order valence-electron chi connectivity index (χ1n) is 7.65. The Labute approximate surface area is 140 Å². The fourth-order valence-corrected chi connectivity index (χ4v) is 2.79. The molecule has 0 unspecified atom stereocenters. The lowest BCUT2D eigenvalue weighted by Crippen LogP contribution is -2.57. The third kappa shape index (κ3) is 4.47. The number of rotatable bonds is 4. The number of anilines is 1. The Bertz CT molecular complexity index is 644. The van der Waals surface area contributed by atoms with Gasteiger partial charge in [0.1, 0.15) is 6.04 Å². The normalized spacial score (nSPS) is 20.7. The molecule has 126 valence electrons. The lowest BCUT2D eigenvalue weighted by Gasteiger charge is -2.38. The minimum absolute atomic E-state index is 0.223. The first kappa shape index (κ1) is 17.8. The summed E-state index contributed by atoms with van der Waals surface area (Å²) < 4.78 is 0. The maximum Gasteiger partial charge on any atom is 0.377 e. The number of nitrogens with zero attached hydrogens (tertiary/aromatic N) is 2. The van der Waals surface area contributed by atoms with Gasteiger partial charge < -0.3 is 25.6 Å². The standard InChI is InChI=1S/C15H19BN4O4/c1-16(24)20-7-6-12(8-13(20)14(21)22)19-15(23)18-11-4-2-10(9-17)3-5-11/h2-5,12-13,24H,6-8H2,1H3,(H,21,22)(H2,18,19,23)/t12-,13-/m1/s1. The summed E-state index contributed by atoms with van der Waals surface area (Å²) in [7, 11) is -0.848. The van der Waals surface area contributed by atoms with Gasteiger partial charge in [-0.2, -0.15) is 5.26 Å². The summed E-state index contributed by atoms with van der Waals surface area (Å²) in [5.41, 5.74) is 1.04. The van der Waals surface area contributed by atoms with Crippen molar-refractivity contribution in [1.82, 2.24) is 10.1 Å². The summed E-state index contributed by atoms with van der Waals surface area (Å²) in [4.78, 5) is 24.9. The quantitative estimate of drug-likeness (QED) is 0.602. The second-order valence-corrected chi connectivity index (χ2v) is 5.73. The molecule has 2 rings (SSSR count). The van der Waals surface area contributed by atoms with Gasteiger partial charge in [0.25, 0.3) is 0 Å². The highest BCUT2D eigenvalue weighted by Gasteiger charge is 2.37. The lowest BCUT2D eigenvalue weighted by atomic mass is 9.79. The van der Waals surface area contributed by atoms with Gasteiger partial charge in [-0.15, -0.1) is 0 Å². The van der Waals surface area contributed by atoms with Crippen LogP contribution in [-0.4, -0.2) is 52.6 Å². The Kier molecular flexibility index (Phi) is 5.79. The van der Waals surface area contributed by atoms with E-state index in [1.54, 1.807) is 24.3 Å². The molecule has 0 saturated carbocycles. The van der Waals surface area contributed by atoms with E-state index in [0.717, 1.165) is 0 Å². The van der Waals surface area contributed by atoms with Crippen molar-refractivity contribution in [3.8, 4) is 6.07 Å². The molecule has 4 N–H and O–H groups in total. The monoisotopic (exact) mass is 330 g/mol. The van der Waals surface area contributed by atoms with Gasteiger partial charge in [0.2, 0.25) is 0 Å². The number of hydrogen-bond donors (Lipinski definition) is 4. The van der Waals surface area contributed by atoms with Crippen LogP contribution in [0.25, 0.3) is 0 Å². The molecule has 1 aliphatic heterocycles. The minimum Gasteiger partial charge on any atom is -0.480 e. The van der Waals surface area contributed by atoms with Gasteiger partial charge in [0.05, 0.1) is 11.6 Å². The van der Waals surface area contributed by atoms with Crippen molar-refractivity contribution in [3.05, 3.63) is 29.8 Å². The van der Waals surface area contributed by atoms with E-state index in [2.05, 4.69) is 10.6 Å². The number of urea groups is 1. The van der Waals surface area contributed by atoms with Gasteiger partial charge in [-0.25, -0.2) is 4.79 Å². The summed E-state index contributed by atoms with van der Waals surface area (Å²) in [6, 6.07) is 6.86. The molecule has 1 aromatic carbocycles. The van der Waals surface area contributed by atoms with Gasteiger partial charge >= 0.3 is 19.1 Å². The van der Waals surface area contributed by atoms with Crippen LogP contribution in [0.15, 0.2) is 24.3 Å². The SMILES string of the molecule is CB(O)N1CC[C@@H](NC(=O)Nc2ccc(C#N)cc2)C[C@@H]1C(=O)O. The fourth-order valence-electron chi connectivity index (χ4n) is 2.79. The molecule has 0 aliphatic carbocycles. The molecule has 24 heavy (non-hydrogen) atoms. The highest BCUT2D eigenvalue weighted by molar-refractivity contribution is 6.45. The zero-order valence-corrected chi connectivity index (χ0v) is 13.3. The molecule has 0 bridgehead atoms. The number of nitrogens with one attached hydrogen (secondary N) is 2. The van der Waals surface area contributed by atoms with Crippen molar-refractivity contribution in [1.29, 1.82) is 5.26 Å². The Hall–Kier alpha value is -2.57. The summed E-state index contributed by atoms with van der Waals surface area (Å²) >= 11 is 0. The number of nitriles is 1. The number of hydrogen-bond acceptors (Lipinski definition) is 5. The summed E-state index contributed by atoms with van der Waals surface area (Å²) in [6.07, 6.45) is 0.774. The second-order valence-electron chi connectivity index (χ2n) is 5.73. The average molecular weight is 330 g/mol. The van der Waals surface area contributed by atoms with Crippen LogP contribution in [0.5, 0.6) is 0 Å². The second kappa shape index (κ2) is 7.81. The number of carboxylic acid groups (broad SMARTS) is 1. The van der Waals surface area contributed by atoms with Gasteiger partial charge in [-0.1, -0.05) is 0 Å². The highest BCUT2D eigenvalue weighted by Crippen LogP contribution is 2.19. The first-order valence-corrected chi connectivity index (χ1v) is 7.65. The Balaban J connectivity index is 1.92. The first-order chi connectivity index (χ1) is 11.4. The third-order valence-electron chi connectivity index (χ3n) is 4.02. The molecule has 0 spiro atoms. The van der Waals surface area contributed by atoms with Crippen molar-refractivity contribution in [2.45, 2.75) is 31.7 Å². The van der Waals surface area contributed by atoms with E-state index in [9.17, 15) is 19.7 Å². The third-order valence-corrected chi connectivity index (χ3v) is 4.02. The van der Waals surface area contributed by atoms with Crippen LogP contribution in [0, 0.1) is 11.3 Å². The maximum absolute atomic E-state index is 12.0. The van der Waals surface area contributed by atoms with Crippen LogP contribution < -0.4 is 10.6 Å². The highest BCUT2D eigenvalue weighted by atomic mass is 16.4. The fraction of sp³-hybridized carbons (Fsp3) is 0.400. The molecule has 1 saturated heterocycles. The van der Waals surface area contributed by atoms with Gasteiger partial charge in [-0.3, -0.25) is 4.79 Å². The molecule has 1 heterocycles. The van der Waals surface area contributed by atoms with Crippen molar-refractivity contribution in [2.24, 2.45) is 0 Å². The van der Waals surface area contributed by atoms with Crippen LogP contribution in [0.1, 0.15) is 18.4 Å². The van der Waals surface area contributed by atoms with E-state index in [0.29, 0.717) is 24.2 Å². The number of benzene rings is 1. The van der Waals surface area contributed by atoms with Gasteiger partial charge in [-0.05, 0) is 50.5 Å². The average Bonchev–Trinajstić information content (AvgIpc) is 2.55. The maximum atomic E-state index is 12.0. The number of piperidine rings is 1. The minimum atomic E-state index is -1.02. The van der Waals surface area contributed by atoms with Crippen molar-refractivity contribution < 1.29 is 19.7 Å². The Morgan fingerprint density at radius 3 is 2.58 bits per heavy atom. The van der Waals surface area contributed by atoms with Crippen LogP contribution >= 0.6 is 0 Å². The van der Waals surface area contributed by atoms with E-state index < -0.39 is 25.1 Å². The molecular formula is C15H19BN4O4. The number of carboxylic acids is 1. The van der Waals surface area contributed by atoms with Crippen molar-refractivity contribution >= 4 is 24.7 Å². The zero-order chi connectivity index (χ0) is 17.7. The van der Waals surface area contributed by atoms with E-state index >= 15 is 0 Å². The summed E-state index contributed by atoms with van der Waals surface area (Å²) in [5.74, 6) is -1.02. The van der Waals surface area contributed by atoms with Crippen LogP contribution in [0.4, 0.5) is 10.5 Å². The van der Waals surface area contributed by atoms with E-state index in [1.807, 2.05) is 6.07 Å². The van der Waals surface area contributed by atoms with Gasteiger partial charge in [0, 0.05) is 11.7 Å². The van der Waals surface area contributed by atoms with Crippen molar-refractivity contribution in [2.75, 3.05) is 11.9 Å². The zero-order valence-electron chi connectivity index (χ0n) is 13.3. The number of amides is 2. The Morgan fingerprint density at radius 1 is 1.38 bits per heavy atom. The largest absolute Gasteiger partial charge is 0.480 e. The molecule has 1 fully saturated rings. The number of carbonyl (C=O) groups excluding carboxylic acids is 1. The Morgan fingerprint density at radius 2 is 2.04 bits per heavy atom. The molecule has 9 heteroatoms. The van der Waals surface area contributed by atoms with Gasteiger partial charge in [0.15, 0.2) is 0 Å². The predicted molar refractivity (Wildman–Crippen MR) is 88.3 cm³/mol. The topological polar surface area (TPSA) is 126 Å². The number of aliphatic carboxylic acids is 1. The van der Waals surface area contributed by atoms with E-state index in [1.165, 1.54) is 11.6 Å². The predicted octanol–water partition coefficient (Wildman–Crippen LogP) is 0.708. The molecule has 1 aromatic rings. The number of carbonyl (C=O) groups is 2. The molecule has 8 nitrogen and oxygen atoms in total. The summed E-state index contributed by atoms with van der Waals surface area (Å²) in [6.45, 7) is 1.91. The lowest BCUT2D eigenvalue weighted by molar-refractivity contribution is -0.143. The van der Waals surface area contributed by atoms with Crippen LogP contribution in [-0.2, 0) is 4.79 Å². The molecule has 2 amide bonds. The van der Waals surface area contributed by atoms with Crippen molar-refractivity contribution in [3.63, 3.8) is 0 Å². The molecule has 1 aliphatic rings. The summed E-state index contributed by atoms with van der Waals surface area (Å²) in [5, 5.41) is 33.1. The van der Waals surface area contributed by atoms with E-state index in [4.69, 9.17) is 5.26 Å². The van der Waals surface area contributed by atoms with E-state index in [-0.39, 0.29) is 12.5 Å². The molecule has 0 aromatic heterocycles.